The number of ether oxygens (including phenoxy) is 2. The third-order valence-corrected chi connectivity index (χ3v) is 3.50. The van der Waals surface area contributed by atoms with E-state index in [1.165, 1.54) is 6.21 Å². The number of methoxy groups -OCH3 is 2. The molecule has 7 heteroatoms. The highest BCUT2D eigenvalue weighted by atomic mass is 35.5. The number of hydrogen-bond acceptors (Lipinski definition) is 4. The van der Waals surface area contributed by atoms with Gasteiger partial charge >= 0.3 is 0 Å². The van der Waals surface area contributed by atoms with Gasteiger partial charge in [-0.15, -0.1) is 0 Å². The van der Waals surface area contributed by atoms with Gasteiger partial charge in [0.25, 0.3) is 0 Å². The van der Waals surface area contributed by atoms with Crippen molar-refractivity contribution in [3.63, 3.8) is 0 Å². The number of nitrogens with one attached hydrogen (secondary N) is 2. The number of halogens is 1. The molecule has 0 aliphatic heterocycles. The average Bonchev–Trinajstić information content (AvgIpc) is 2.62. The van der Waals surface area contributed by atoms with Crippen molar-refractivity contribution < 1.29 is 9.47 Å². The van der Waals surface area contributed by atoms with Crippen LogP contribution in [0, 0.1) is 0 Å². The van der Waals surface area contributed by atoms with E-state index in [2.05, 4.69) is 15.8 Å². The van der Waals surface area contributed by atoms with Gasteiger partial charge in [-0.25, -0.2) is 0 Å². The normalized spacial score (nSPS) is 11.2. The number of hydrazone groups is 1. The van der Waals surface area contributed by atoms with Crippen LogP contribution in [0.25, 0.3) is 6.08 Å². The van der Waals surface area contributed by atoms with Crippen molar-refractivity contribution in [2.45, 2.75) is 0 Å². The highest BCUT2D eigenvalue weighted by Crippen LogP contribution is 2.29. The minimum Gasteiger partial charge on any atom is -0.493 e. The predicted octanol–water partition coefficient (Wildman–Crippen LogP) is 4.26. The van der Waals surface area contributed by atoms with Crippen molar-refractivity contribution in [2.24, 2.45) is 5.10 Å². The van der Waals surface area contributed by atoms with Gasteiger partial charge in [-0.1, -0.05) is 41.9 Å². The molecular formula is C18H18ClN3O2S. The van der Waals surface area contributed by atoms with Crippen LogP contribution in [0.1, 0.15) is 5.56 Å². The number of rotatable bonds is 6. The van der Waals surface area contributed by atoms with Gasteiger partial charge in [0.15, 0.2) is 16.6 Å². The van der Waals surface area contributed by atoms with Crippen molar-refractivity contribution in [3.8, 4) is 11.5 Å². The van der Waals surface area contributed by atoms with Gasteiger partial charge < -0.3 is 14.8 Å². The molecule has 2 rings (SSSR count). The van der Waals surface area contributed by atoms with E-state index in [1.807, 2.05) is 36.4 Å². The van der Waals surface area contributed by atoms with E-state index in [1.54, 1.807) is 32.4 Å². The molecule has 2 N–H and O–H groups in total. The second-order valence-electron chi connectivity index (χ2n) is 4.83. The molecule has 0 heterocycles. The van der Waals surface area contributed by atoms with Crippen LogP contribution in [0.2, 0.25) is 0 Å². The van der Waals surface area contributed by atoms with Gasteiger partial charge in [-0.2, -0.15) is 5.10 Å². The van der Waals surface area contributed by atoms with Crippen LogP contribution in [-0.4, -0.2) is 25.5 Å². The zero-order valence-corrected chi connectivity index (χ0v) is 15.4. The molecule has 2 aromatic carbocycles. The molecule has 2 aromatic rings. The molecule has 0 spiro atoms. The van der Waals surface area contributed by atoms with Crippen LogP contribution in [0.15, 0.2) is 58.7 Å². The molecule has 0 radical (unpaired) electrons. The Kier molecular flexibility index (Phi) is 7.25. The zero-order valence-electron chi connectivity index (χ0n) is 13.8. The quantitative estimate of drug-likeness (QED) is 0.449. The van der Waals surface area contributed by atoms with Crippen LogP contribution in [0.4, 0.5) is 5.69 Å². The lowest BCUT2D eigenvalue weighted by Crippen LogP contribution is -2.23. The minimum absolute atomic E-state index is 0.327. The lowest BCUT2D eigenvalue weighted by atomic mass is 10.2. The maximum atomic E-state index is 6.11. The van der Waals surface area contributed by atoms with Crippen molar-refractivity contribution >= 4 is 46.9 Å². The maximum Gasteiger partial charge on any atom is 0.191 e. The Morgan fingerprint density at radius 2 is 1.80 bits per heavy atom. The van der Waals surface area contributed by atoms with E-state index in [4.69, 9.17) is 33.3 Å². The van der Waals surface area contributed by atoms with Gasteiger partial charge in [-0.3, -0.25) is 5.43 Å². The number of benzene rings is 2. The number of anilines is 1. The van der Waals surface area contributed by atoms with Crippen LogP contribution in [0.3, 0.4) is 0 Å². The molecule has 0 aliphatic rings. The Balaban J connectivity index is 1.91. The Hall–Kier alpha value is -2.57. The highest BCUT2D eigenvalue weighted by molar-refractivity contribution is 7.80. The SMILES string of the molecule is COc1ccc(NC(=S)N/N=C\C(Cl)=C\c2ccccc2)cc1OC. The first-order valence-corrected chi connectivity index (χ1v) is 8.15. The summed E-state index contributed by atoms with van der Waals surface area (Å²) >= 11 is 11.3. The van der Waals surface area contributed by atoms with E-state index in [-0.39, 0.29) is 0 Å². The number of allylic oxidation sites excluding steroid dienone is 1. The summed E-state index contributed by atoms with van der Waals surface area (Å²) in [4.78, 5) is 0. The fraction of sp³-hybridized carbons (Fsp3) is 0.111. The van der Waals surface area contributed by atoms with Crippen molar-refractivity contribution in [3.05, 3.63) is 59.1 Å². The summed E-state index contributed by atoms with van der Waals surface area (Å²) in [6, 6.07) is 15.1. The molecule has 130 valence electrons. The van der Waals surface area contributed by atoms with E-state index >= 15 is 0 Å². The molecule has 0 unspecified atom stereocenters. The highest BCUT2D eigenvalue weighted by Gasteiger charge is 2.05. The molecule has 25 heavy (non-hydrogen) atoms. The smallest absolute Gasteiger partial charge is 0.191 e. The van der Waals surface area contributed by atoms with Gasteiger partial charge in [0.2, 0.25) is 0 Å². The Morgan fingerprint density at radius 3 is 2.48 bits per heavy atom. The summed E-state index contributed by atoms with van der Waals surface area (Å²) in [5, 5.41) is 7.81. The van der Waals surface area contributed by atoms with Gasteiger partial charge in [0, 0.05) is 11.8 Å². The first kappa shape index (κ1) is 18.8. The summed E-state index contributed by atoms with van der Waals surface area (Å²) < 4.78 is 10.4. The fourth-order valence-electron chi connectivity index (χ4n) is 1.97. The molecule has 0 atom stereocenters. The van der Waals surface area contributed by atoms with Crippen LogP contribution < -0.4 is 20.2 Å². The molecule has 0 aromatic heterocycles. The van der Waals surface area contributed by atoms with Crippen LogP contribution in [-0.2, 0) is 0 Å². The first-order valence-electron chi connectivity index (χ1n) is 7.36. The molecule has 0 saturated heterocycles. The third kappa shape index (κ3) is 6.10. The fourth-order valence-corrected chi connectivity index (χ4v) is 2.32. The van der Waals surface area contributed by atoms with Crippen molar-refractivity contribution in [1.29, 1.82) is 0 Å². The number of nitrogens with zero attached hydrogens (tertiary/aromatic N) is 1. The summed E-state index contributed by atoms with van der Waals surface area (Å²) in [6.07, 6.45) is 3.29. The number of thiocarbonyl (C=S) groups is 1. The molecule has 0 saturated carbocycles. The lowest BCUT2D eigenvalue weighted by molar-refractivity contribution is 0.355. The Labute approximate surface area is 157 Å². The van der Waals surface area contributed by atoms with Crippen molar-refractivity contribution in [1.82, 2.24) is 5.43 Å². The van der Waals surface area contributed by atoms with Crippen LogP contribution in [0.5, 0.6) is 11.5 Å². The van der Waals surface area contributed by atoms with E-state index in [0.717, 1.165) is 11.3 Å². The number of hydrogen-bond donors (Lipinski definition) is 2. The largest absolute Gasteiger partial charge is 0.493 e. The van der Waals surface area contributed by atoms with E-state index in [9.17, 15) is 0 Å². The second-order valence-corrected chi connectivity index (χ2v) is 5.68. The Bertz CT molecular complexity index is 779. The van der Waals surface area contributed by atoms with Gasteiger partial charge in [-0.05, 0) is 36.0 Å². The minimum atomic E-state index is 0.327. The predicted molar refractivity (Wildman–Crippen MR) is 108 cm³/mol. The Morgan fingerprint density at radius 1 is 1.08 bits per heavy atom. The molecule has 0 fully saturated rings. The summed E-state index contributed by atoms with van der Waals surface area (Å²) in [5.41, 5.74) is 4.44. The lowest BCUT2D eigenvalue weighted by Gasteiger charge is -2.11. The monoisotopic (exact) mass is 375 g/mol. The third-order valence-electron chi connectivity index (χ3n) is 3.10. The van der Waals surface area contributed by atoms with E-state index in [0.29, 0.717) is 21.6 Å². The second kappa shape index (κ2) is 9.66. The summed E-state index contributed by atoms with van der Waals surface area (Å²) in [7, 11) is 3.15. The van der Waals surface area contributed by atoms with Gasteiger partial charge in [0.05, 0.1) is 25.5 Å². The van der Waals surface area contributed by atoms with Crippen LogP contribution >= 0.6 is 23.8 Å². The standard InChI is InChI=1S/C18H18ClN3O2S/c1-23-16-9-8-15(11-17(16)24-2)21-18(25)22-20-12-14(19)10-13-6-4-3-5-7-13/h3-12H,1-2H3,(H2,21,22,25)/b14-10-,20-12-. The summed E-state index contributed by atoms with van der Waals surface area (Å²) in [5.74, 6) is 1.25. The average molecular weight is 376 g/mol. The first-order chi connectivity index (χ1) is 12.1. The molecular weight excluding hydrogens is 358 g/mol. The molecule has 0 bridgehead atoms. The van der Waals surface area contributed by atoms with E-state index < -0.39 is 0 Å². The topological polar surface area (TPSA) is 54.9 Å². The zero-order chi connectivity index (χ0) is 18.1. The maximum absolute atomic E-state index is 6.11. The molecule has 0 aliphatic carbocycles. The molecule has 5 nitrogen and oxygen atoms in total. The summed E-state index contributed by atoms with van der Waals surface area (Å²) in [6.45, 7) is 0. The molecule has 0 amide bonds. The van der Waals surface area contributed by atoms with Gasteiger partial charge in [0.1, 0.15) is 0 Å². The van der Waals surface area contributed by atoms with Crippen molar-refractivity contribution in [2.75, 3.05) is 19.5 Å².